The smallest absolute Gasteiger partial charge is 0.306 e. The van der Waals surface area contributed by atoms with Gasteiger partial charge in [-0.15, -0.1) is 0 Å². The van der Waals surface area contributed by atoms with Crippen molar-refractivity contribution in [1.82, 2.24) is 0 Å². The van der Waals surface area contributed by atoms with Crippen molar-refractivity contribution in [3.8, 4) is 6.07 Å². The van der Waals surface area contributed by atoms with Gasteiger partial charge < -0.3 is 10.2 Å². The first-order chi connectivity index (χ1) is 6.63. The van der Waals surface area contributed by atoms with E-state index in [1.165, 1.54) is 0 Å². The third kappa shape index (κ3) is 2.57. The minimum atomic E-state index is -1.05. The molecule has 1 aromatic carbocycles. The van der Waals surface area contributed by atoms with Gasteiger partial charge in [-0.05, 0) is 17.7 Å². The largest absolute Gasteiger partial charge is 0.481 e. The molecule has 72 valence electrons. The van der Waals surface area contributed by atoms with Gasteiger partial charge in [-0.1, -0.05) is 12.1 Å². The highest BCUT2D eigenvalue weighted by molar-refractivity contribution is 5.67. The first-order valence-electron chi connectivity index (χ1n) is 4.03. The molecule has 1 aromatic rings. The van der Waals surface area contributed by atoms with Crippen LogP contribution in [-0.4, -0.2) is 16.2 Å². The molecule has 2 N–H and O–H groups in total. The number of hydrogen-bond donors (Lipinski definition) is 2. The van der Waals surface area contributed by atoms with E-state index in [-0.39, 0.29) is 6.42 Å². The van der Waals surface area contributed by atoms with Gasteiger partial charge in [0, 0.05) is 0 Å². The predicted molar refractivity (Wildman–Crippen MR) is 48.4 cm³/mol. The lowest BCUT2D eigenvalue weighted by molar-refractivity contribution is -0.139. The maximum atomic E-state index is 10.3. The quantitative estimate of drug-likeness (QED) is 0.748. The Morgan fingerprint density at radius 1 is 1.43 bits per heavy atom. The summed E-state index contributed by atoms with van der Waals surface area (Å²) in [5.74, 6) is -1.05. The summed E-state index contributed by atoms with van der Waals surface area (Å²) in [6.07, 6.45) is -1.34. The summed E-state index contributed by atoms with van der Waals surface area (Å²) in [6, 6.07) is 8.12. The number of hydrogen-bond acceptors (Lipinski definition) is 3. The number of carboxylic acid groups (broad SMARTS) is 1. The molecule has 0 aliphatic heterocycles. The van der Waals surface area contributed by atoms with Gasteiger partial charge in [0.25, 0.3) is 0 Å². The fourth-order valence-corrected chi connectivity index (χ4v) is 1.06. The standard InChI is InChI=1S/C10H9NO3/c11-6-7-1-3-8(4-2-7)9(12)5-10(13)14/h1-4,9,12H,5H2,(H,13,14). The van der Waals surface area contributed by atoms with Gasteiger partial charge in [-0.2, -0.15) is 5.26 Å². The molecule has 1 atom stereocenters. The fourth-order valence-electron chi connectivity index (χ4n) is 1.06. The molecule has 0 fully saturated rings. The van der Waals surface area contributed by atoms with Crippen LogP contribution < -0.4 is 0 Å². The van der Waals surface area contributed by atoms with Gasteiger partial charge in [0.05, 0.1) is 24.2 Å². The lowest BCUT2D eigenvalue weighted by Crippen LogP contribution is -2.05. The van der Waals surface area contributed by atoms with E-state index in [1.54, 1.807) is 24.3 Å². The normalized spacial score (nSPS) is 11.7. The van der Waals surface area contributed by atoms with Crippen molar-refractivity contribution in [1.29, 1.82) is 5.26 Å². The predicted octanol–water partition coefficient (Wildman–Crippen LogP) is 1.07. The minimum Gasteiger partial charge on any atom is -0.481 e. The Hall–Kier alpha value is -1.86. The zero-order chi connectivity index (χ0) is 10.6. The molecule has 1 rings (SSSR count). The van der Waals surface area contributed by atoms with E-state index in [2.05, 4.69) is 0 Å². The van der Waals surface area contributed by atoms with E-state index < -0.39 is 12.1 Å². The average Bonchev–Trinajstić information content (AvgIpc) is 2.17. The van der Waals surface area contributed by atoms with Crippen molar-refractivity contribution < 1.29 is 15.0 Å². The van der Waals surface area contributed by atoms with Crippen LogP contribution in [0.4, 0.5) is 0 Å². The number of rotatable bonds is 3. The number of nitrogens with zero attached hydrogens (tertiary/aromatic N) is 1. The number of aliphatic hydroxyl groups excluding tert-OH is 1. The Morgan fingerprint density at radius 3 is 2.43 bits per heavy atom. The maximum absolute atomic E-state index is 10.3. The fraction of sp³-hybridized carbons (Fsp3) is 0.200. The van der Waals surface area contributed by atoms with Gasteiger partial charge in [-0.3, -0.25) is 4.79 Å². The van der Waals surface area contributed by atoms with Crippen LogP contribution in [0.15, 0.2) is 24.3 Å². The van der Waals surface area contributed by atoms with Crippen molar-refractivity contribution in [3.63, 3.8) is 0 Å². The summed E-state index contributed by atoms with van der Waals surface area (Å²) in [4.78, 5) is 10.3. The van der Waals surface area contributed by atoms with E-state index in [4.69, 9.17) is 10.4 Å². The maximum Gasteiger partial charge on any atom is 0.306 e. The van der Waals surface area contributed by atoms with Crippen molar-refractivity contribution in [2.24, 2.45) is 0 Å². The second-order valence-corrected chi connectivity index (χ2v) is 2.85. The Labute approximate surface area is 81.0 Å². The van der Waals surface area contributed by atoms with Crippen LogP contribution in [0.1, 0.15) is 23.7 Å². The number of nitriles is 1. The molecule has 4 heteroatoms. The van der Waals surface area contributed by atoms with Crippen LogP contribution in [0.5, 0.6) is 0 Å². The Morgan fingerprint density at radius 2 is 2.00 bits per heavy atom. The summed E-state index contributed by atoms with van der Waals surface area (Å²) >= 11 is 0. The van der Waals surface area contributed by atoms with Crippen LogP contribution >= 0.6 is 0 Å². The van der Waals surface area contributed by atoms with Crippen LogP contribution in [0, 0.1) is 11.3 Å². The highest BCUT2D eigenvalue weighted by Gasteiger charge is 2.11. The molecule has 1 unspecified atom stereocenters. The molecule has 0 aromatic heterocycles. The Kier molecular flexibility index (Phi) is 3.21. The first kappa shape index (κ1) is 10.2. The molecular weight excluding hydrogens is 182 g/mol. The number of carbonyl (C=O) groups is 1. The van der Waals surface area contributed by atoms with E-state index >= 15 is 0 Å². The number of carboxylic acids is 1. The van der Waals surface area contributed by atoms with Gasteiger partial charge in [0.2, 0.25) is 0 Å². The highest BCUT2D eigenvalue weighted by Crippen LogP contribution is 2.16. The summed E-state index contributed by atoms with van der Waals surface area (Å²) < 4.78 is 0. The summed E-state index contributed by atoms with van der Waals surface area (Å²) in [5.41, 5.74) is 0.989. The van der Waals surface area contributed by atoms with Gasteiger partial charge in [0.1, 0.15) is 0 Å². The van der Waals surface area contributed by atoms with E-state index in [0.717, 1.165) is 0 Å². The summed E-state index contributed by atoms with van der Waals surface area (Å²) in [5, 5.41) is 26.3. The van der Waals surface area contributed by atoms with Gasteiger partial charge in [-0.25, -0.2) is 0 Å². The molecule has 0 spiro atoms. The topological polar surface area (TPSA) is 81.3 Å². The molecule has 4 nitrogen and oxygen atoms in total. The average molecular weight is 191 g/mol. The second-order valence-electron chi connectivity index (χ2n) is 2.85. The lowest BCUT2D eigenvalue weighted by Gasteiger charge is -2.07. The van der Waals surface area contributed by atoms with E-state index in [9.17, 15) is 9.90 Å². The van der Waals surface area contributed by atoms with Crippen molar-refractivity contribution >= 4 is 5.97 Å². The van der Waals surface area contributed by atoms with Crippen LogP contribution in [0.2, 0.25) is 0 Å². The summed E-state index contributed by atoms with van der Waals surface area (Å²) in [6.45, 7) is 0. The zero-order valence-electron chi connectivity index (χ0n) is 7.34. The van der Waals surface area contributed by atoms with Crippen LogP contribution in [0.25, 0.3) is 0 Å². The molecule has 14 heavy (non-hydrogen) atoms. The molecule has 0 saturated heterocycles. The molecular formula is C10H9NO3. The van der Waals surface area contributed by atoms with Crippen molar-refractivity contribution in [2.45, 2.75) is 12.5 Å². The summed E-state index contributed by atoms with van der Waals surface area (Å²) in [7, 11) is 0. The molecule has 0 aliphatic carbocycles. The SMILES string of the molecule is N#Cc1ccc(C(O)CC(=O)O)cc1. The van der Waals surface area contributed by atoms with Crippen molar-refractivity contribution in [2.75, 3.05) is 0 Å². The van der Waals surface area contributed by atoms with Crippen LogP contribution in [0.3, 0.4) is 0 Å². The highest BCUT2D eigenvalue weighted by atomic mass is 16.4. The number of aliphatic carboxylic acids is 1. The Bertz CT molecular complexity index is 364. The molecule has 0 radical (unpaired) electrons. The molecule has 0 bridgehead atoms. The number of benzene rings is 1. The van der Waals surface area contributed by atoms with E-state index in [0.29, 0.717) is 11.1 Å². The number of aliphatic hydroxyl groups is 1. The minimum absolute atomic E-state index is 0.327. The molecule has 0 aliphatic rings. The monoisotopic (exact) mass is 191 g/mol. The lowest BCUT2D eigenvalue weighted by atomic mass is 10.1. The second kappa shape index (κ2) is 4.40. The third-order valence-electron chi connectivity index (χ3n) is 1.79. The van der Waals surface area contributed by atoms with Crippen molar-refractivity contribution in [3.05, 3.63) is 35.4 Å². The third-order valence-corrected chi connectivity index (χ3v) is 1.79. The van der Waals surface area contributed by atoms with Gasteiger partial charge >= 0.3 is 5.97 Å². The van der Waals surface area contributed by atoms with Gasteiger partial charge in [0.15, 0.2) is 0 Å². The molecule has 0 heterocycles. The zero-order valence-corrected chi connectivity index (χ0v) is 7.34. The van der Waals surface area contributed by atoms with E-state index in [1.807, 2.05) is 6.07 Å². The Balaban J connectivity index is 2.77. The molecule has 0 amide bonds. The van der Waals surface area contributed by atoms with Crippen LogP contribution in [-0.2, 0) is 4.79 Å². The first-order valence-corrected chi connectivity index (χ1v) is 4.03. The molecule has 0 saturated carbocycles.